The van der Waals surface area contributed by atoms with E-state index in [-0.39, 0.29) is 11.4 Å². The Morgan fingerprint density at radius 3 is 2.44 bits per heavy atom. The molecular formula is C24H20F3N5OS. The van der Waals surface area contributed by atoms with E-state index in [4.69, 9.17) is 0 Å². The number of thioether (sulfide) groups is 1. The second-order valence-corrected chi connectivity index (χ2v) is 8.26. The molecule has 0 unspecified atom stereocenters. The third-order valence-electron chi connectivity index (χ3n) is 4.98. The van der Waals surface area contributed by atoms with E-state index in [1.165, 1.54) is 17.7 Å². The van der Waals surface area contributed by atoms with Gasteiger partial charge in [0.15, 0.2) is 11.0 Å². The molecule has 1 amide bonds. The summed E-state index contributed by atoms with van der Waals surface area (Å²) in [6.45, 7) is 2.07. The summed E-state index contributed by atoms with van der Waals surface area (Å²) in [5, 5.41) is 11.6. The molecule has 0 saturated carbocycles. The van der Waals surface area contributed by atoms with Gasteiger partial charge in [0.05, 0.1) is 11.3 Å². The molecule has 0 radical (unpaired) electrons. The van der Waals surface area contributed by atoms with Gasteiger partial charge in [0.2, 0.25) is 5.91 Å². The van der Waals surface area contributed by atoms with Crippen molar-refractivity contribution < 1.29 is 18.0 Å². The van der Waals surface area contributed by atoms with Crippen molar-refractivity contribution in [3.05, 3.63) is 84.2 Å². The van der Waals surface area contributed by atoms with Gasteiger partial charge in [-0.3, -0.25) is 14.3 Å². The Kier molecular flexibility index (Phi) is 6.97. The summed E-state index contributed by atoms with van der Waals surface area (Å²) in [5.74, 6) is 0.0794. The predicted octanol–water partition coefficient (Wildman–Crippen LogP) is 5.64. The highest BCUT2D eigenvalue weighted by Gasteiger charge is 2.30. The Bertz CT molecular complexity index is 1270. The van der Waals surface area contributed by atoms with Crippen molar-refractivity contribution >= 4 is 23.4 Å². The monoisotopic (exact) mass is 483 g/mol. The van der Waals surface area contributed by atoms with Gasteiger partial charge in [0.25, 0.3) is 0 Å². The Morgan fingerprint density at radius 1 is 1.03 bits per heavy atom. The molecule has 0 fully saturated rings. The lowest BCUT2D eigenvalue weighted by atomic mass is 10.1. The van der Waals surface area contributed by atoms with E-state index in [9.17, 15) is 18.0 Å². The number of pyridine rings is 1. The van der Waals surface area contributed by atoms with Crippen LogP contribution in [-0.2, 0) is 17.4 Å². The summed E-state index contributed by atoms with van der Waals surface area (Å²) in [6, 6.07) is 16.1. The summed E-state index contributed by atoms with van der Waals surface area (Å²) < 4.78 is 40.6. The van der Waals surface area contributed by atoms with E-state index in [1.807, 2.05) is 41.0 Å². The van der Waals surface area contributed by atoms with Gasteiger partial charge in [-0.2, -0.15) is 13.2 Å². The topological polar surface area (TPSA) is 72.7 Å². The molecule has 0 aliphatic carbocycles. The number of hydrogen-bond acceptors (Lipinski definition) is 5. The maximum absolute atomic E-state index is 12.9. The van der Waals surface area contributed by atoms with Crippen LogP contribution in [0.15, 0.2) is 78.2 Å². The Balaban J connectivity index is 1.56. The minimum Gasteiger partial charge on any atom is -0.325 e. The van der Waals surface area contributed by atoms with E-state index in [0.717, 1.165) is 41.6 Å². The Labute approximate surface area is 198 Å². The molecule has 0 bridgehead atoms. The lowest BCUT2D eigenvalue weighted by Crippen LogP contribution is -2.15. The first-order valence-electron chi connectivity index (χ1n) is 10.4. The van der Waals surface area contributed by atoms with E-state index < -0.39 is 17.6 Å². The van der Waals surface area contributed by atoms with Crippen LogP contribution in [0.5, 0.6) is 0 Å². The van der Waals surface area contributed by atoms with Crippen LogP contribution in [0.25, 0.3) is 17.1 Å². The van der Waals surface area contributed by atoms with Crippen molar-refractivity contribution in [2.45, 2.75) is 24.7 Å². The van der Waals surface area contributed by atoms with Crippen LogP contribution in [-0.4, -0.2) is 31.4 Å². The van der Waals surface area contributed by atoms with E-state index in [2.05, 4.69) is 27.4 Å². The molecule has 0 saturated heterocycles. The molecule has 2 heterocycles. The third kappa shape index (κ3) is 5.45. The van der Waals surface area contributed by atoms with Crippen molar-refractivity contribution in [2.24, 2.45) is 0 Å². The first-order valence-corrected chi connectivity index (χ1v) is 11.4. The zero-order valence-corrected chi connectivity index (χ0v) is 18.9. The molecule has 0 aliphatic rings. The number of carbonyl (C=O) groups is 1. The van der Waals surface area contributed by atoms with E-state index in [1.54, 1.807) is 12.4 Å². The van der Waals surface area contributed by atoms with Gasteiger partial charge < -0.3 is 5.32 Å². The van der Waals surface area contributed by atoms with Crippen LogP contribution in [0, 0.1) is 0 Å². The second kappa shape index (κ2) is 10.1. The van der Waals surface area contributed by atoms with Crippen molar-refractivity contribution in [1.29, 1.82) is 0 Å². The largest absolute Gasteiger partial charge is 0.416 e. The number of hydrogen-bond donors (Lipinski definition) is 1. The molecular weight excluding hydrogens is 463 g/mol. The van der Waals surface area contributed by atoms with Gasteiger partial charge >= 0.3 is 6.18 Å². The second-order valence-electron chi connectivity index (χ2n) is 7.31. The summed E-state index contributed by atoms with van der Waals surface area (Å²) >= 11 is 1.14. The Hall–Kier alpha value is -3.66. The fourth-order valence-corrected chi connectivity index (χ4v) is 4.02. The van der Waals surface area contributed by atoms with Gasteiger partial charge in [0, 0.05) is 29.3 Å². The van der Waals surface area contributed by atoms with Crippen LogP contribution in [0.3, 0.4) is 0 Å². The molecule has 0 spiro atoms. The number of aromatic nitrogens is 4. The quantitative estimate of drug-likeness (QED) is 0.345. The number of aryl methyl sites for hydroxylation is 1. The van der Waals surface area contributed by atoms with Crippen LogP contribution in [0.1, 0.15) is 18.1 Å². The third-order valence-corrected chi connectivity index (χ3v) is 5.91. The van der Waals surface area contributed by atoms with Gasteiger partial charge in [-0.25, -0.2) is 0 Å². The lowest BCUT2D eigenvalue weighted by Gasteiger charge is -2.12. The number of anilines is 1. The maximum atomic E-state index is 12.9. The zero-order valence-electron chi connectivity index (χ0n) is 18.1. The first kappa shape index (κ1) is 23.5. The molecule has 1 N–H and O–H groups in total. The highest BCUT2D eigenvalue weighted by atomic mass is 32.2. The standard InChI is InChI=1S/C24H20F3N5OS/c1-2-16-6-8-20(9-7-16)32-22(17-10-12-28-13-11-17)30-31-23(32)34-15-21(33)29-19-5-3-4-18(14-19)24(25,26)27/h3-14H,2,15H2,1H3,(H,29,33). The van der Waals surface area contributed by atoms with Crippen LogP contribution >= 0.6 is 11.8 Å². The molecule has 6 nitrogen and oxygen atoms in total. The zero-order chi connectivity index (χ0) is 24.1. The number of carbonyl (C=O) groups excluding carboxylic acids is 1. The average Bonchev–Trinajstić information content (AvgIpc) is 3.27. The smallest absolute Gasteiger partial charge is 0.325 e. The molecule has 174 valence electrons. The van der Waals surface area contributed by atoms with Crippen LogP contribution in [0.2, 0.25) is 0 Å². The number of nitrogens with zero attached hydrogens (tertiary/aromatic N) is 4. The normalized spacial score (nSPS) is 11.4. The number of nitrogens with one attached hydrogen (secondary N) is 1. The average molecular weight is 484 g/mol. The van der Waals surface area contributed by atoms with Gasteiger partial charge in [-0.05, 0) is 54.4 Å². The van der Waals surface area contributed by atoms with Crippen LogP contribution in [0.4, 0.5) is 18.9 Å². The number of halogens is 3. The SMILES string of the molecule is CCc1ccc(-n2c(SCC(=O)Nc3cccc(C(F)(F)F)c3)nnc2-c2ccncc2)cc1. The minimum atomic E-state index is -4.48. The van der Waals surface area contributed by atoms with Gasteiger partial charge in [-0.1, -0.05) is 36.9 Å². The molecule has 4 rings (SSSR count). The number of amides is 1. The lowest BCUT2D eigenvalue weighted by molar-refractivity contribution is -0.137. The summed E-state index contributed by atoms with van der Waals surface area (Å²) in [6.07, 6.45) is -0.271. The number of benzene rings is 2. The molecule has 4 aromatic rings. The number of alkyl halides is 3. The Morgan fingerprint density at radius 2 is 1.76 bits per heavy atom. The molecule has 2 aromatic carbocycles. The van der Waals surface area contributed by atoms with Crippen molar-refractivity contribution in [2.75, 3.05) is 11.1 Å². The van der Waals surface area contributed by atoms with Gasteiger partial charge in [0.1, 0.15) is 0 Å². The van der Waals surface area contributed by atoms with E-state index >= 15 is 0 Å². The molecule has 2 aromatic heterocycles. The highest BCUT2D eigenvalue weighted by molar-refractivity contribution is 7.99. The highest BCUT2D eigenvalue weighted by Crippen LogP contribution is 2.31. The summed E-state index contributed by atoms with van der Waals surface area (Å²) in [7, 11) is 0. The van der Waals surface area contributed by atoms with Crippen molar-refractivity contribution in [1.82, 2.24) is 19.7 Å². The molecule has 0 aliphatic heterocycles. The van der Waals surface area contributed by atoms with Crippen molar-refractivity contribution in [3.8, 4) is 17.1 Å². The first-order chi connectivity index (χ1) is 16.3. The molecule has 34 heavy (non-hydrogen) atoms. The fraction of sp³-hybridized carbons (Fsp3) is 0.167. The summed E-state index contributed by atoms with van der Waals surface area (Å²) in [5.41, 5.74) is 2.07. The van der Waals surface area contributed by atoms with Crippen molar-refractivity contribution in [3.63, 3.8) is 0 Å². The predicted molar refractivity (Wildman–Crippen MR) is 125 cm³/mol. The van der Waals surface area contributed by atoms with Gasteiger partial charge in [-0.15, -0.1) is 10.2 Å². The fourth-order valence-electron chi connectivity index (χ4n) is 3.27. The minimum absolute atomic E-state index is 0.0578. The van der Waals surface area contributed by atoms with E-state index in [0.29, 0.717) is 11.0 Å². The van der Waals surface area contributed by atoms with Crippen LogP contribution < -0.4 is 5.32 Å². The molecule has 10 heteroatoms. The molecule has 0 atom stereocenters. The summed E-state index contributed by atoms with van der Waals surface area (Å²) in [4.78, 5) is 16.5. The number of rotatable bonds is 7. The maximum Gasteiger partial charge on any atom is 0.416 e.